The minimum absolute atomic E-state index is 0.538. The maximum absolute atomic E-state index is 5.43. The van der Waals surface area contributed by atoms with Crippen molar-refractivity contribution in [1.29, 1.82) is 0 Å². The number of methoxy groups -OCH3 is 1. The van der Waals surface area contributed by atoms with Crippen LogP contribution in [0.5, 0.6) is 5.75 Å². The van der Waals surface area contributed by atoms with Crippen LogP contribution >= 0.6 is 0 Å². The molecule has 1 fully saturated rings. The quantitative estimate of drug-likeness (QED) is 0.666. The van der Waals surface area contributed by atoms with Crippen molar-refractivity contribution >= 4 is 11.6 Å². The van der Waals surface area contributed by atoms with Gasteiger partial charge in [0, 0.05) is 29.8 Å². The second-order valence-corrected chi connectivity index (χ2v) is 6.41. The zero-order valence-electron chi connectivity index (χ0n) is 14.8. The number of benzene rings is 2. The summed E-state index contributed by atoms with van der Waals surface area (Å²) in [6.45, 7) is 0.637. The van der Waals surface area contributed by atoms with Crippen molar-refractivity contribution in [2.24, 2.45) is 0 Å². The SMILES string of the molecule is COc1ccccc1CNc1cc(NC2CC2)nc(-c2ccccc2)n1. The number of hydrogen-bond acceptors (Lipinski definition) is 5. The maximum Gasteiger partial charge on any atom is 0.163 e. The molecule has 2 N–H and O–H groups in total. The van der Waals surface area contributed by atoms with Crippen LogP contribution in [-0.4, -0.2) is 23.1 Å². The van der Waals surface area contributed by atoms with Crippen LogP contribution in [0.1, 0.15) is 18.4 Å². The topological polar surface area (TPSA) is 59.1 Å². The van der Waals surface area contributed by atoms with Crippen molar-refractivity contribution in [1.82, 2.24) is 9.97 Å². The fourth-order valence-corrected chi connectivity index (χ4v) is 2.80. The van der Waals surface area contributed by atoms with Gasteiger partial charge in [0.25, 0.3) is 0 Å². The largest absolute Gasteiger partial charge is 0.496 e. The van der Waals surface area contributed by atoms with E-state index in [1.807, 2.05) is 54.6 Å². The second-order valence-electron chi connectivity index (χ2n) is 6.41. The molecule has 3 aromatic rings. The Hall–Kier alpha value is -3.08. The van der Waals surface area contributed by atoms with Crippen LogP contribution in [0.2, 0.25) is 0 Å². The van der Waals surface area contributed by atoms with Gasteiger partial charge >= 0.3 is 0 Å². The number of nitrogens with zero attached hydrogens (tertiary/aromatic N) is 2. The minimum Gasteiger partial charge on any atom is -0.496 e. The number of hydrogen-bond donors (Lipinski definition) is 2. The van der Waals surface area contributed by atoms with Gasteiger partial charge in [-0.25, -0.2) is 9.97 Å². The van der Waals surface area contributed by atoms with Crippen LogP contribution in [0.25, 0.3) is 11.4 Å². The lowest BCUT2D eigenvalue weighted by molar-refractivity contribution is 0.410. The Balaban J connectivity index is 1.59. The zero-order valence-corrected chi connectivity index (χ0v) is 14.8. The van der Waals surface area contributed by atoms with Gasteiger partial charge in [-0.3, -0.25) is 0 Å². The standard InChI is InChI=1S/C21H22N4O/c1-26-18-10-6-5-9-16(18)14-22-19-13-20(23-17-11-12-17)25-21(24-19)15-7-3-2-4-8-15/h2-10,13,17H,11-12,14H2,1H3,(H2,22,23,24,25). The smallest absolute Gasteiger partial charge is 0.163 e. The van der Waals surface area contributed by atoms with Crippen LogP contribution in [0, 0.1) is 0 Å². The number of rotatable bonds is 7. The molecule has 0 atom stereocenters. The van der Waals surface area contributed by atoms with E-state index >= 15 is 0 Å². The van der Waals surface area contributed by atoms with Gasteiger partial charge in [-0.05, 0) is 18.9 Å². The second kappa shape index (κ2) is 7.44. The molecule has 0 spiro atoms. The first-order chi connectivity index (χ1) is 12.8. The lowest BCUT2D eigenvalue weighted by Gasteiger charge is -2.13. The molecule has 0 amide bonds. The molecule has 26 heavy (non-hydrogen) atoms. The van der Waals surface area contributed by atoms with E-state index in [9.17, 15) is 0 Å². The molecule has 0 bridgehead atoms. The van der Waals surface area contributed by atoms with E-state index < -0.39 is 0 Å². The van der Waals surface area contributed by atoms with Gasteiger partial charge in [0.15, 0.2) is 5.82 Å². The molecule has 132 valence electrons. The lowest BCUT2D eigenvalue weighted by atomic mass is 10.2. The fraction of sp³-hybridized carbons (Fsp3) is 0.238. The predicted octanol–water partition coefficient (Wildman–Crippen LogP) is 4.34. The van der Waals surface area contributed by atoms with Crippen molar-refractivity contribution in [3.05, 3.63) is 66.2 Å². The number of anilines is 2. The number of para-hydroxylation sites is 1. The summed E-state index contributed by atoms with van der Waals surface area (Å²) < 4.78 is 5.43. The van der Waals surface area contributed by atoms with Gasteiger partial charge in [-0.2, -0.15) is 0 Å². The van der Waals surface area contributed by atoms with Crippen LogP contribution in [0.4, 0.5) is 11.6 Å². The Bertz CT molecular complexity index is 878. The third-order valence-electron chi connectivity index (χ3n) is 4.34. The molecule has 1 aromatic heterocycles. The van der Waals surface area contributed by atoms with Crippen molar-refractivity contribution in [3.8, 4) is 17.1 Å². The third kappa shape index (κ3) is 3.94. The Labute approximate surface area is 153 Å². The summed E-state index contributed by atoms with van der Waals surface area (Å²) in [5.74, 6) is 3.25. The van der Waals surface area contributed by atoms with Crippen LogP contribution in [-0.2, 0) is 6.54 Å². The summed E-state index contributed by atoms with van der Waals surface area (Å²) in [5.41, 5.74) is 2.10. The summed E-state index contributed by atoms with van der Waals surface area (Å²) in [4.78, 5) is 9.38. The molecule has 5 heteroatoms. The van der Waals surface area contributed by atoms with Crippen LogP contribution in [0.15, 0.2) is 60.7 Å². The molecule has 1 heterocycles. The Kier molecular flexibility index (Phi) is 4.69. The number of ether oxygens (including phenoxy) is 1. The maximum atomic E-state index is 5.43. The first-order valence-electron chi connectivity index (χ1n) is 8.88. The van der Waals surface area contributed by atoms with Crippen molar-refractivity contribution in [2.45, 2.75) is 25.4 Å². The highest BCUT2D eigenvalue weighted by molar-refractivity contribution is 5.61. The molecule has 1 aliphatic rings. The van der Waals surface area contributed by atoms with E-state index in [2.05, 4.69) is 21.7 Å². The van der Waals surface area contributed by atoms with E-state index in [0.29, 0.717) is 12.6 Å². The molecule has 5 nitrogen and oxygen atoms in total. The van der Waals surface area contributed by atoms with Crippen LogP contribution in [0.3, 0.4) is 0 Å². The molecule has 0 radical (unpaired) electrons. The average molecular weight is 346 g/mol. The molecule has 0 aliphatic heterocycles. The van der Waals surface area contributed by atoms with Gasteiger partial charge in [0.1, 0.15) is 17.4 Å². The fourth-order valence-electron chi connectivity index (χ4n) is 2.80. The monoisotopic (exact) mass is 346 g/mol. The molecule has 1 aliphatic carbocycles. The van der Waals surface area contributed by atoms with Gasteiger partial charge < -0.3 is 15.4 Å². The summed E-state index contributed by atoms with van der Waals surface area (Å²) in [7, 11) is 1.69. The van der Waals surface area contributed by atoms with E-state index in [0.717, 1.165) is 34.3 Å². The van der Waals surface area contributed by atoms with Gasteiger partial charge in [0.2, 0.25) is 0 Å². The first-order valence-corrected chi connectivity index (χ1v) is 8.88. The lowest BCUT2D eigenvalue weighted by Crippen LogP contribution is -2.08. The van der Waals surface area contributed by atoms with E-state index in [4.69, 9.17) is 9.72 Å². The Morgan fingerprint density at radius 3 is 2.46 bits per heavy atom. The van der Waals surface area contributed by atoms with Crippen LogP contribution < -0.4 is 15.4 Å². The molecular weight excluding hydrogens is 324 g/mol. The summed E-state index contributed by atoms with van der Waals surface area (Å²) in [5, 5.41) is 6.88. The normalized spacial score (nSPS) is 13.3. The zero-order chi connectivity index (χ0) is 17.8. The molecule has 0 saturated heterocycles. The highest BCUT2D eigenvalue weighted by Crippen LogP contribution is 2.27. The molecule has 2 aromatic carbocycles. The molecule has 4 rings (SSSR count). The van der Waals surface area contributed by atoms with Crippen molar-refractivity contribution in [2.75, 3.05) is 17.7 Å². The summed E-state index contributed by atoms with van der Waals surface area (Å²) >= 11 is 0. The third-order valence-corrected chi connectivity index (χ3v) is 4.34. The first kappa shape index (κ1) is 16.4. The van der Waals surface area contributed by atoms with Crippen molar-refractivity contribution < 1.29 is 4.74 Å². The van der Waals surface area contributed by atoms with Gasteiger partial charge in [-0.1, -0.05) is 48.5 Å². The number of aromatic nitrogens is 2. The highest BCUT2D eigenvalue weighted by atomic mass is 16.5. The summed E-state index contributed by atoms with van der Waals surface area (Å²) in [6.07, 6.45) is 2.41. The highest BCUT2D eigenvalue weighted by Gasteiger charge is 2.22. The molecular formula is C21H22N4O. The number of nitrogens with one attached hydrogen (secondary N) is 2. The van der Waals surface area contributed by atoms with Gasteiger partial charge in [-0.15, -0.1) is 0 Å². The van der Waals surface area contributed by atoms with Gasteiger partial charge in [0.05, 0.1) is 7.11 Å². The van der Waals surface area contributed by atoms with Crippen molar-refractivity contribution in [3.63, 3.8) is 0 Å². The Morgan fingerprint density at radius 2 is 1.69 bits per heavy atom. The van der Waals surface area contributed by atoms with E-state index in [1.54, 1.807) is 7.11 Å². The Morgan fingerprint density at radius 1 is 0.962 bits per heavy atom. The summed E-state index contributed by atoms with van der Waals surface area (Å²) in [6, 6.07) is 20.6. The minimum atomic E-state index is 0.538. The predicted molar refractivity (Wildman–Crippen MR) is 104 cm³/mol. The molecule has 1 saturated carbocycles. The average Bonchev–Trinajstić information content (AvgIpc) is 3.51. The molecule has 0 unspecified atom stereocenters. The van der Waals surface area contributed by atoms with E-state index in [1.165, 1.54) is 12.8 Å². The van der Waals surface area contributed by atoms with E-state index in [-0.39, 0.29) is 0 Å².